The Bertz CT molecular complexity index is 2320. The first kappa shape index (κ1) is 37.9. The van der Waals surface area contributed by atoms with E-state index in [1.54, 1.807) is 0 Å². The average molecular weight is 792 g/mol. The maximum Gasteiger partial charge on any atom is 0.265 e. The number of carbonyl (C=O) groups is 2. The number of Topliss-reactive ketones (excluding diaryl/α,β-unsaturated/α-hetero) is 2. The van der Waals surface area contributed by atoms with E-state index in [1.165, 1.54) is 0 Å². The average Bonchev–Trinajstić information content (AvgIpc) is 3.89. The SMILES string of the molecule is CN1CCC2Cc3c(OCc4ccccc4)c4c(c(F)c3C21)C[C@H]1C[C@H]2[C@H](N)c3onc(OCc5ccccc5)c3C(=O)C2(O[Si](C)(C)C(C)(C)C)C(O)=C1C4=O. The maximum absolute atomic E-state index is 17.3. The monoisotopic (exact) mass is 791 g/mol. The second-order valence-corrected chi connectivity index (χ2v) is 22.9. The number of allylic oxidation sites excluding steroid dienone is 1. The van der Waals surface area contributed by atoms with Crippen molar-refractivity contribution in [3.63, 3.8) is 0 Å². The van der Waals surface area contributed by atoms with Gasteiger partial charge in [-0.2, -0.15) is 0 Å². The van der Waals surface area contributed by atoms with Gasteiger partial charge in [-0.05, 0) is 85.5 Å². The molecule has 0 spiro atoms. The quantitative estimate of drug-likeness (QED) is 0.168. The number of hydrogen-bond donors (Lipinski definition) is 2. The predicted molar refractivity (Wildman–Crippen MR) is 213 cm³/mol. The third kappa shape index (κ3) is 5.69. The summed E-state index contributed by atoms with van der Waals surface area (Å²) in [5.41, 5.74) is 8.55. The Morgan fingerprint density at radius 2 is 1.63 bits per heavy atom. The molecule has 1 aliphatic heterocycles. The Balaban J connectivity index is 1.21. The zero-order valence-corrected chi connectivity index (χ0v) is 34.4. The molecule has 3 aromatic carbocycles. The molecular weight excluding hydrogens is 742 g/mol. The molecule has 5 aliphatic rings. The Morgan fingerprint density at radius 3 is 2.28 bits per heavy atom. The van der Waals surface area contributed by atoms with E-state index in [4.69, 9.17) is 24.2 Å². The van der Waals surface area contributed by atoms with Gasteiger partial charge in [0.05, 0.1) is 11.6 Å². The number of aliphatic hydroxyl groups is 1. The number of benzene rings is 3. The summed E-state index contributed by atoms with van der Waals surface area (Å²) in [7, 11) is -0.908. The maximum atomic E-state index is 17.3. The highest BCUT2D eigenvalue weighted by Crippen LogP contribution is 2.60. The molecule has 9 rings (SSSR count). The van der Waals surface area contributed by atoms with Gasteiger partial charge in [-0.1, -0.05) is 81.4 Å². The molecule has 3 unspecified atom stereocenters. The van der Waals surface area contributed by atoms with Crippen LogP contribution in [-0.4, -0.2) is 54.2 Å². The van der Waals surface area contributed by atoms with Crippen LogP contribution in [0.25, 0.3) is 0 Å². The lowest BCUT2D eigenvalue weighted by Gasteiger charge is -2.53. The summed E-state index contributed by atoms with van der Waals surface area (Å²) in [4.78, 5) is 32.9. The molecule has 298 valence electrons. The Labute approximate surface area is 333 Å². The van der Waals surface area contributed by atoms with Gasteiger partial charge in [0, 0.05) is 34.2 Å². The van der Waals surface area contributed by atoms with E-state index >= 15 is 14.0 Å². The van der Waals surface area contributed by atoms with Crippen LogP contribution >= 0.6 is 0 Å². The van der Waals surface area contributed by atoms with Crippen LogP contribution in [-0.2, 0) is 30.5 Å². The van der Waals surface area contributed by atoms with Crippen molar-refractivity contribution in [2.45, 2.75) is 95.5 Å². The number of likely N-dealkylation sites (tertiary alicyclic amines) is 1. The van der Waals surface area contributed by atoms with E-state index < -0.39 is 54.2 Å². The van der Waals surface area contributed by atoms with E-state index in [0.717, 1.165) is 24.1 Å². The zero-order valence-electron chi connectivity index (χ0n) is 33.4. The first-order valence-corrected chi connectivity index (χ1v) is 22.9. The number of nitrogens with two attached hydrogens (primary N) is 1. The van der Waals surface area contributed by atoms with Crippen LogP contribution in [0.4, 0.5) is 4.39 Å². The zero-order chi connectivity index (χ0) is 40.2. The largest absolute Gasteiger partial charge is 0.508 e. The fourth-order valence-electron chi connectivity index (χ4n) is 9.94. The van der Waals surface area contributed by atoms with E-state index in [9.17, 15) is 5.11 Å². The van der Waals surface area contributed by atoms with Crippen LogP contribution in [0.15, 0.2) is 76.5 Å². The Kier molecular flexibility index (Phi) is 8.96. The van der Waals surface area contributed by atoms with Gasteiger partial charge in [-0.15, -0.1) is 0 Å². The lowest BCUT2D eigenvalue weighted by Crippen LogP contribution is -2.64. The molecule has 4 aromatic rings. The highest BCUT2D eigenvalue weighted by Gasteiger charge is 2.66. The first-order chi connectivity index (χ1) is 27.1. The molecule has 0 bridgehead atoms. The fraction of sp³-hybridized carbons (Fsp3) is 0.444. The molecule has 12 heteroatoms. The van der Waals surface area contributed by atoms with Crippen molar-refractivity contribution in [1.29, 1.82) is 0 Å². The van der Waals surface area contributed by atoms with Crippen LogP contribution < -0.4 is 15.2 Å². The van der Waals surface area contributed by atoms with Gasteiger partial charge in [0.25, 0.3) is 5.88 Å². The molecule has 10 nitrogen and oxygen atoms in total. The van der Waals surface area contributed by atoms with Crippen LogP contribution in [0.5, 0.6) is 11.6 Å². The molecule has 1 saturated heterocycles. The first-order valence-electron chi connectivity index (χ1n) is 20.0. The second kappa shape index (κ2) is 13.5. The number of nitrogens with zero attached hydrogens (tertiary/aromatic N) is 2. The van der Waals surface area contributed by atoms with Gasteiger partial charge in [0.15, 0.2) is 25.5 Å². The van der Waals surface area contributed by atoms with Crippen LogP contribution in [0.1, 0.15) is 100.0 Å². The third-order valence-corrected chi connectivity index (χ3v) is 18.3. The standard InChI is InChI=1S/C45H50FN3O7Si/c1-44(2,3)57(5,6)56-45-30(36(47)40-34(42(45)52)43(48-55-40)54-23-25-15-11-8-12-16-25)21-27-20-28-33(38(50)31(27)41(45)51)39(53-22-24-13-9-7-10-14-24)29-19-26-17-18-49(4)37(26)32(29)35(28)46/h7-16,26-27,30,36-37,51H,17-23,47H2,1-6H3/t26?,27-,30-,36-,37?,45?/m0/s1. The van der Waals surface area contributed by atoms with Crippen molar-refractivity contribution in [3.8, 4) is 11.6 Å². The van der Waals surface area contributed by atoms with Gasteiger partial charge in [-0.25, -0.2) is 4.39 Å². The highest BCUT2D eigenvalue weighted by molar-refractivity contribution is 6.74. The van der Waals surface area contributed by atoms with E-state index in [0.29, 0.717) is 23.3 Å². The van der Waals surface area contributed by atoms with Crippen molar-refractivity contribution in [2.75, 3.05) is 13.6 Å². The minimum absolute atomic E-state index is 0.00550. The molecule has 4 aliphatic carbocycles. The lowest BCUT2D eigenvalue weighted by atomic mass is 9.59. The summed E-state index contributed by atoms with van der Waals surface area (Å²) >= 11 is 0. The highest BCUT2D eigenvalue weighted by atomic mass is 28.4. The number of ketones is 2. The fourth-order valence-corrected chi connectivity index (χ4v) is 11.4. The van der Waals surface area contributed by atoms with Crippen molar-refractivity contribution < 1.29 is 37.5 Å². The number of ether oxygens (including phenoxy) is 2. The topological polar surface area (TPSA) is 137 Å². The molecule has 57 heavy (non-hydrogen) atoms. The number of fused-ring (bicyclic) bond motifs is 7. The van der Waals surface area contributed by atoms with Crippen LogP contribution in [0.2, 0.25) is 18.1 Å². The number of rotatable bonds is 8. The van der Waals surface area contributed by atoms with Gasteiger partial charge >= 0.3 is 0 Å². The summed E-state index contributed by atoms with van der Waals surface area (Å²) < 4.78 is 43.0. The predicted octanol–water partition coefficient (Wildman–Crippen LogP) is 8.36. The third-order valence-electron chi connectivity index (χ3n) is 13.8. The van der Waals surface area contributed by atoms with Gasteiger partial charge in [0.1, 0.15) is 36.1 Å². The Morgan fingerprint density at radius 1 is 0.982 bits per heavy atom. The summed E-state index contributed by atoms with van der Waals surface area (Å²) in [6, 6.07) is 18.0. The van der Waals surface area contributed by atoms with Crippen molar-refractivity contribution in [1.82, 2.24) is 10.1 Å². The van der Waals surface area contributed by atoms with Crippen molar-refractivity contribution in [3.05, 3.63) is 123 Å². The smallest absolute Gasteiger partial charge is 0.265 e. The molecule has 1 aromatic heterocycles. The van der Waals surface area contributed by atoms with Gasteiger partial charge < -0.3 is 29.3 Å². The number of hydrogen-bond acceptors (Lipinski definition) is 10. The molecule has 1 fully saturated rings. The number of carbonyl (C=O) groups excluding carboxylic acids is 2. The molecular formula is C45H50FN3O7Si. The molecule has 6 atom stereocenters. The molecule has 0 amide bonds. The molecule has 2 heterocycles. The Hall–Kier alpha value is -4.62. The van der Waals surface area contributed by atoms with Crippen molar-refractivity contribution in [2.24, 2.45) is 23.5 Å². The van der Waals surface area contributed by atoms with E-state index in [2.05, 4.69) is 10.1 Å². The van der Waals surface area contributed by atoms with Crippen LogP contribution in [0, 0.1) is 23.6 Å². The molecule has 0 radical (unpaired) electrons. The summed E-state index contributed by atoms with van der Waals surface area (Å²) in [6.07, 6.45) is 1.77. The summed E-state index contributed by atoms with van der Waals surface area (Å²) in [5.74, 6) is -2.90. The lowest BCUT2D eigenvalue weighted by molar-refractivity contribution is -0.0273. The van der Waals surface area contributed by atoms with E-state index in [-0.39, 0.29) is 77.7 Å². The normalized spacial score (nSPS) is 26.7. The number of aromatic nitrogens is 1. The number of aliphatic hydroxyl groups excluding tert-OH is 1. The summed E-state index contributed by atoms with van der Waals surface area (Å²) in [6.45, 7) is 11.3. The molecule has 0 saturated carbocycles. The van der Waals surface area contributed by atoms with Crippen molar-refractivity contribution >= 4 is 19.9 Å². The summed E-state index contributed by atoms with van der Waals surface area (Å²) in [5, 5.41) is 16.7. The van der Waals surface area contributed by atoms with Gasteiger partial charge in [-0.3, -0.25) is 14.5 Å². The second-order valence-electron chi connectivity index (χ2n) is 18.1. The van der Waals surface area contributed by atoms with E-state index in [1.807, 2.05) is 102 Å². The minimum Gasteiger partial charge on any atom is -0.508 e. The minimum atomic E-state index is -2.93. The van der Waals surface area contributed by atoms with Gasteiger partial charge in [0.2, 0.25) is 5.78 Å². The molecule has 3 N–H and O–H groups in total. The van der Waals surface area contributed by atoms with Crippen LogP contribution in [0.3, 0.4) is 0 Å². The number of halogens is 1.